The van der Waals surface area contributed by atoms with Gasteiger partial charge in [-0.25, -0.2) is 0 Å². The molecule has 0 aromatic carbocycles. The van der Waals surface area contributed by atoms with Crippen molar-refractivity contribution in [1.29, 1.82) is 0 Å². The molecule has 2 fully saturated rings. The SMILES string of the molecule is O=C(O)[C@@H]1C[C@H]2CCC[C@@H]1C2. The molecule has 0 unspecified atom stereocenters. The number of fused-ring (bicyclic) bond motifs is 2. The van der Waals surface area contributed by atoms with Crippen LogP contribution in [0.4, 0.5) is 0 Å². The number of aliphatic carboxylic acids is 1. The third kappa shape index (κ3) is 1.15. The van der Waals surface area contributed by atoms with Gasteiger partial charge in [0.2, 0.25) is 0 Å². The fourth-order valence-corrected chi connectivity index (χ4v) is 2.77. The predicted molar refractivity (Wildman–Crippen MR) is 41.2 cm³/mol. The van der Waals surface area contributed by atoms with Crippen LogP contribution >= 0.6 is 0 Å². The van der Waals surface area contributed by atoms with Crippen LogP contribution in [0, 0.1) is 17.8 Å². The van der Waals surface area contributed by atoms with E-state index in [2.05, 4.69) is 0 Å². The van der Waals surface area contributed by atoms with Gasteiger partial charge in [-0.3, -0.25) is 4.79 Å². The van der Waals surface area contributed by atoms with Crippen molar-refractivity contribution in [2.24, 2.45) is 17.8 Å². The molecule has 0 aromatic rings. The molecular weight excluding hydrogens is 140 g/mol. The molecule has 11 heavy (non-hydrogen) atoms. The molecule has 1 N–H and O–H groups in total. The minimum atomic E-state index is -0.556. The number of hydrogen-bond acceptors (Lipinski definition) is 1. The Kier molecular flexibility index (Phi) is 1.63. The fraction of sp³-hybridized carbons (Fsp3) is 0.889. The van der Waals surface area contributed by atoms with E-state index in [1.54, 1.807) is 0 Å². The normalized spacial score (nSPS) is 42.4. The molecule has 2 bridgehead atoms. The van der Waals surface area contributed by atoms with Crippen LogP contribution < -0.4 is 0 Å². The number of carbonyl (C=O) groups is 1. The van der Waals surface area contributed by atoms with Crippen molar-refractivity contribution in [3.63, 3.8) is 0 Å². The van der Waals surface area contributed by atoms with E-state index in [-0.39, 0.29) is 5.92 Å². The number of hydrogen-bond donors (Lipinski definition) is 1. The molecule has 62 valence electrons. The summed E-state index contributed by atoms with van der Waals surface area (Å²) in [5.41, 5.74) is 0. The van der Waals surface area contributed by atoms with Crippen molar-refractivity contribution in [1.82, 2.24) is 0 Å². The molecule has 0 spiro atoms. The van der Waals surface area contributed by atoms with E-state index < -0.39 is 5.97 Å². The molecular formula is C9H14O2. The Labute approximate surface area is 66.6 Å². The molecule has 0 aromatic heterocycles. The van der Waals surface area contributed by atoms with Crippen molar-refractivity contribution >= 4 is 5.97 Å². The van der Waals surface area contributed by atoms with E-state index in [9.17, 15) is 4.79 Å². The molecule has 0 saturated heterocycles. The maximum absolute atomic E-state index is 10.7. The number of rotatable bonds is 1. The molecule has 2 rings (SSSR count). The van der Waals surface area contributed by atoms with Crippen molar-refractivity contribution < 1.29 is 9.90 Å². The van der Waals surface area contributed by atoms with Gasteiger partial charge in [-0.15, -0.1) is 0 Å². The molecule has 2 saturated carbocycles. The topological polar surface area (TPSA) is 37.3 Å². The van der Waals surface area contributed by atoms with Gasteiger partial charge in [-0.05, 0) is 31.1 Å². The van der Waals surface area contributed by atoms with E-state index in [4.69, 9.17) is 5.11 Å². The lowest BCUT2D eigenvalue weighted by molar-refractivity contribution is -0.142. The number of carboxylic acids is 1. The maximum Gasteiger partial charge on any atom is 0.306 e. The largest absolute Gasteiger partial charge is 0.481 e. The van der Waals surface area contributed by atoms with Gasteiger partial charge in [0.15, 0.2) is 0 Å². The summed E-state index contributed by atoms with van der Waals surface area (Å²) in [4.78, 5) is 10.7. The Bertz CT molecular complexity index is 176. The van der Waals surface area contributed by atoms with Crippen LogP contribution in [0.15, 0.2) is 0 Å². The Morgan fingerprint density at radius 3 is 2.73 bits per heavy atom. The zero-order valence-electron chi connectivity index (χ0n) is 6.62. The summed E-state index contributed by atoms with van der Waals surface area (Å²) in [6.45, 7) is 0. The summed E-state index contributed by atoms with van der Waals surface area (Å²) < 4.78 is 0. The first kappa shape index (κ1) is 7.14. The van der Waals surface area contributed by atoms with Crippen molar-refractivity contribution in [2.75, 3.05) is 0 Å². The van der Waals surface area contributed by atoms with Crippen molar-refractivity contribution in [3.8, 4) is 0 Å². The summed E-state index contributed by atoms with van der Waals surface area (Å²) in [6.07, 6.45) is 5.85. The highest BCUT2D eigenvalue weighted by atomic mass is 16.4. The van der Waals surface area contributed by atoms with Gasteiger partial charge in [0.1, 0.15) is 0 Å². The first-order valence-corrected chi connectivity index (χ1v) is 4.50. The second-order valence-corrected chi connectivity index (χ2v) is 3.97. The van der Waals surface area contributed by atoms with Crippen LogP contribution in [0.2, 0.25) is 0 Å². The second-order valence-electron chi connectivity index (χ2n) is 3.97. The molecule has 0 radical (unpaired) electrons. The highest BCUT2D eigenvalue weighted by molar-refractivity contribution is 5.70. The highest BCUT2D eigenvalue weighted by Gasteiger charge is 2.40. The van der Waals surface area contributed by atoms with Gasteiger partial charge < -0.3 is 5.11 Å². The monoisotopic (exact) mass is 154 g/mol. The molecule has 2 nitrogen and oxygen atoms in total. The lowest BCUT2D eigenvalue weighted by atomic mass is 9.87. The van der Waals surface area contributed by atoms with Crippen LogP contribution in [0.3, 0.4) is 0 Å². The average molecular weight is 154 g/mol. The molecule has 2 aliphatic carbocycles. The zero-order chi connectivity index (χ0) is 7.84. The van der Waals surface area contributed by atoms with Crippen LogP contribution in [0.25, 0.3) is 0 Å². The molecule has 2 aliphatic rings. The van der Waals surface area contributed by atoms with E-state index in [0.717, 1.165) is 18.8 Å². The first-order valence-electron chi connectivity index (χ1n) is 4.50. The summed E-state index contributed by atoms with van der Waals surface area (Å²) in [5.74, 6) is 0.711. The second kappa shape index (κ2) is 2.50. The van der Waals surface area contributed by atoms with Gasteiger partial charge in [0.25, 0.3) is 0 Å². The molecule has 0 amide bonds. The summed E-state index contributed by atoms with van der Waals surface area (Å²) in [6, 6.07) is 0. The average Bonchev–Trinajstić information content (AvgIpc) is 2.27. The minimum Gasteiger partial charge on any atom is -0.481 e. The summed E-state index contributed by atoms with van der Waals surface area (Å²) in [7, 11) is 0. The lowest BCUT2D eigenvalue weighted by Crippen LogP contribution is -2.17. The van der Waals surface area contributed by atoms with Crippen LogP contribution in [-0.2, 0) is 4.79 Å². The third-order valence-electron chi connectivity index (χ3n) is 3.30. The summed E-state index contributed by atoms with van der Waals surface area (Å²) in [5, 5.41) is 8.86. The first-order chi connectivity index (χ1) is 5.27. The predicted octanol–water partition coefficient (Wildman–Crippen LogP) is 1.90. The number of carboxylic acid groups (broad SMARTS) is 1. The summed E-state index contributed by atoms with van der Waals surface area (Å²) >= 11 is 0. The smallest absolute Gasteiger partial charge is 0.306 e. The Hall–Kier alpha value is -0.530. The van der Waals surface area contributed by atoms with E-state index in [1.165, 1.54) is 19.3 Å². The van der Waals surface area contributed by atoms with Crippen LogP contribution in [-0.4, -0.2) is 11.1 Å². The zero-order valence-corrected chi connectivity index (χ0v) is 6.62. The standard InChI is InChI=1S/C9H14O2/c10-9(11)8-5-6-2-1-3-7(8)4-6/h6-8H,1-5H2,(H,10,11)/t6-,7+,8+/m0/s1. The fourth-order valence-electron chi connectivity index (χ4n) is 2.77. The maximum atomic E-state index is 10.7. The van der Waals surface area contributed by atoms with Crippen LogP contribution in [0.5, 0.6) is 0 Å². The Morgan fingerprint density at radius 2 is 2.09 bits per heavy atom. The minimum absolute atomic E-state index is 0.00231. The molecule has 2 heteroatoms. The van der Waals surface area contributed by atoms with Gasteiger partial charge >= 0.3 is 5.97 Å². The molecule has 0 aliphatic heterocycles. The lowest BCUT2D eigenvalue weighted by Gasteiger charge is -2.18. The Morgan fingerprint density at radius 1 is 1.27 bits per heavy atom. The van der Waals surface area contributed by atoms with E-state index >= 15 is 0 Å². The van der Waals surface area contributed by atoms with Gasteiger partial charge in [-0.2, -0.15) is 0 Å². The van der Waals surface area contributed by atoms with Crippen molar-refractivity contribution in [3.05, 3.63) is 0 Å². The Balaban J connectivity index is 2.08. The van der Waals surface area contributed by atoms with Crippen molar-refractivity contribution in [2.45, 2.75) is 32.1 Å². The van der Waals surface area contributed by atoms with E-state index in [1.807, 2.05) is 0 Å². The van der Waals surface area contributed by atoms with Gasteiger partial charge in [0.05, 0.1) is 5.92 Å². The van der Waals surface area contributed by atoms with Gasteiger partial charge in [0, 0.05) is 0 Å². The van der Waals surface area contributed by atoms with E-state index in [0.29, 0.717) is 5.92 Å². The third-order valence-corrected chi connectivity index (χ3v) is 3.30. The molecule has 0 heterocycles. The van der Waals surface area contributed by atoms with Gasteiger partial charge in [-0.1, -0.05) is 12.8 Å². The highest BCUT2D eigenvalue weighted by Crippen LogP contribution is 2.45. The molecule has 3 atom stereocenters. The quantitative estimate of drug-likeness (QED) is 0.626. The van der Waals surface area contributed by atoms with Crippen LogP contribution in [0.1, 0.15) is 32.1 Å².